The van der Waals surface area contributed by atoms with Crippen molar-refractivity contribution >= 4 is 5.91 Å². The van der Waals surface area contributed by atoms with Gasteiger partial charge >= 0.3 is 0 Å². The van der Waals surface area contributed by atoms with Gasteiger partial charge in [0.1, 0.15) is 6.33 Å². The highest BCUT2D eigenvalue weighted by atomic mass is 16.5. The van der Waals surface area contributed by atoms with Crippen LogP contribution in [0.3, 0.4) is 0 Å². The van der Waals surface area contributed by atoms with Gasteiger partial charge in [0, 0.05) is 30.9 Å². The summed E-state index contributed by atoms with van der Waals surface area (Å²) in [6.45, 7) is 7.45. The van der Waals surface area contributed by atoms with Gasteiger partial charge in [0.15, 0.2) is 0 Å². The molecule has 1 fully saturated rings. The molecule has 2 atom stereocenters. The maximum Gasteiger partial charge on any atom is 0.246 e. The minimum atomic E-state index is -0.0469. The minimum Gasteiger partial charge on any atom is -0.371 e. The van der Waals surface area contributed by atoms with E-state index >= 15 is 0 Å². The molecule has 0 N–H and O–H groups in total. The fourth-order valence-corrected chi connectivity index (χ4v) is 3.25. The van der Waals surface area contributed by atoms with Gasteiger partial charge < -0.3 is 9.64 Å². The molecule has 1 aliphatic heterocycles. The van der Waals surface area contributed by atoms with Crippen molar-refractivity contribution in [3.05, 3.63) is 72.3 Å². The van der Waals surface area contributed by atoms with E-state index in [2.05, 4.69) is 41.7 Å². The van der Waals surface area contributed by atoms with E-state index in [1.165, 1.54) is 11.6 Å². The first-order valence-electron chi connectivity index (χ1n) is 8.49. The third kappa shape index (κ3) is 4.51. The van der Waals surface area contributed by atoms with E-state index in [-0.39, 0.29) is 17.9 Å². The van der Waals surface area contributed by atoms with Gasteiger partial charge in [0.25, 0.3) is 0 Å². The quantitative estimate of drug-likeness (QED) is 0.760. The van der Waals surface area contributed by atoms with Crippen molar-refractivity contribution in [3.8, 4) is 0 Å². The lowest BCUT2D eigenvalue weighted by Gasteiger charge is -2.18. The largest absolute Gasteiger partial charge is 0.371 e. The molecule has 0 spiro atoms. The van der Waals surface area contributed by atoms with Crippen LogP contribution in [0, 0.1) is 12.8 Å². The van der Waals surface area contributed by atoms with Gasteiger partial charge in [-0.15, -0.1) is 0 Å². The van der Waals surface area contributed by atoms with Gasteiger partial charge in [-0.05, 0) is 31.1 Å². The monoisotopic (exact) mass is 337 g/mol. The number of hydrogen-bond donors (Lipinski definition) is 0. The maximum absolute atomic E-state index is 12.0. The third-order valence-electron chi connectivity index (χ3n) is 4.53. The lowest BCUT2D eigenvalue weighted by Crippen LogP contribution is -2.28. The first kappa shape index (κ1) is 17.3. The second kappa shape index (κ2) is 8.03. The number of carbonyl (C=O) groups is 1. The molecule has 0 saturated carbocycles. The molecule has 5 nitrogen and oxygen atoms in total. The van der Waals surface area contributed by atoms with Crippen molar-refractivity contribution in [1.29, 1.82) is 0 Å². The standard InChI is InChI=1S/C20H23N3O2/c1-3-20(24)23-11-17(10-18-7-8-21-14-22-18)19(12-23)25-13-16-6-4-5-15(2)9-16/h3-9,14,17,19H,1,10-13H2,2H3/t17-,19-/m1/s1. The van der Waals surface area contributed by atoms with E-state index in [4.69, 9.17) is 4.74 Å². The van der Waals surface area contributed by atoms with Crippen molar-refractivity contribution in [2.24, 2.45) is 5.92 Å². The Hall–Kier alpha value is -2.53. The van der Waals surface area contributed by atoms with E-state index < -0.39 is 0 Å². The summed E-state index contributed by atoms with van der Waals surface area (Å²) < 4.78 is 6.18. The van der Waals surface area contributed by atoms with Crippen molar-refractivity contribution < 1.29 is 9.53 Å². The van der Waals surface area contributed by atoms with Crippen LogP contribution in [0.1, 0.15) is 16.8 Å². The molecule has 1 aromatic heterocycles. The Morgan fingerprint density at radius 1 is 1.40 bits per heavy atom. The number of likely N-dealkylation sites (tertiary alicyclic amines) is 1. The maximum atomic E-state index is 12.0. The van der Waals surface area contributed by atoms with Crippen LogP contribution in [0.25, 0.3) is 0 Å². The Labute approximate surface area is 148 Å². The molecule has 0 unspecified atom stereocenters. The van der Waals surface area contributed by atoms with Gasteiger partial charge in [-0.25, -0.2) is 9.97 Å². The highest BCUT2D eigenvalue weighted by Gasteiger charge is 2.35. The number of amides is 1. The number of nitrogens with zero attached hydrogens (tertiary/aromatic N) is 3. The number of carbonyl (C=O) groups excluding carboxylic acids is 1. The van der Waals surface area contributed by atoms with Gasteiger partial charge in [-0.3, -0.25) is 4.79 Å². The average molecular weight is 337 g/mol. The highest BCUT2D eigenvalue weighted by molar-refractivity contribution is 5.87. The predicted octanol–water partition coefficient (Wildman–Crippen LogP) is 2.56. The summed E-state index contributed by atoms with van der Waals surface area (Å²) in [7, 11) is 0. The number of benzene rings is 1. The van der Waals surface area contributed by atoms with Gasteiger partial charge in [0.2, 0.25) is 5.91 Å². The SMILES string of the molecule is C=CC(=O)N1C[C@@H](Cc2ccncn2)[C@H](OCc2cccc(C)c2)C1. The molecule has 2 aromatic rings. The van der Waals surface area contributed by atoms with Crippen LogP contribution < -0.4 is 0 Å². The zero-order chi connectivity index (χ0) is 17.6. The first-order valence-corrected chi connectivity index (χ1v) is 8.49. The van der Waals surface area contributed by atoms with Crippen LogP contribution in [-0.4, -0.2) is 40.0 Å². The number of aromatic nitrogens is 2. The normalized spacial score (nSPS) is 19.8. The van der Waals surface area contributed by atoms with Gasteiger partial charge in [-0.2, -0.15) is 0 Å². The van der Waals surface area contributed by atoms with Crippen LogP contribution in [0.4, 0.5) is 0 Å². The Kier molecular flexibility index (Phi) is 5.56. The molecular weight excluding hydrogens is 314 g/mol. The van der Waals surface area contributed by atoms with Crippen molar-refractivity contribution in [2.45, 2.75) is 26.1 Å². The van der Waals surface area contributed by atoms with Crippen LogP contribution in [0.5, 0.6) is 0 Å². The molecule has 0 bridgehead atoms. The molecule has 1 aromatic carbocycles. The lowest BCUT2D eigenvalue weighted by atomic mass is 9.99. The molecule has 3 rings (SSSR count). The Morgan fingerprint density at radius 3 is 3.00 bits per heavy atom. The van der Waals surface area contributed by atoms with E-state index in [0.29, 0.717) is 19.7 Å². The summed E-state index contributed by atoms with van der Waals surface area (Å²) in [6, 6.07) is 10.2. The summed E-state index contributed by atoms with van der Waals surface area (Å²) in [4.78, 5) is 22.1. The lowest BCUT2D eigenvalue weighted by molar-refractivity contribution is -0.125. The smallest absolute Gasteiger partial charge is 0.246 e. The molecule has 1 aliphatic rings. The molecule has 1 saturated heterocycles. The first-order chi connectivity index (χ1) is 12.2. The Morgan fingerprint density at radius 2 is 2.28 bits per heavy atom. The fraction of sp³-hybridized carbons (Fsp3) is 0.350. The zero-order valence-electron chi connectivity index (χ0n) is 14.5. The predicted molar refractivity (Wildman–Crippen MR) is 95.8 cm³/mol. The van der Waals surface area contributed by atoms with E-state index in [1.807, 2.05) is 12.1 Å². The van der Waals surface area contributed by atoms with E-state index in [1.54, 1.807) is 17.4 Å². The van der Waals surface area contributed by atoms with Gasteiger partial charge in [-0.1, -0.05) is 36.4 Å². The average Bonchev–Trinajstić information content (AvgIpc) is 3.03. The van der Waals surface area contributed by atoms with Crippen LogP contribution >= 0.6 is 0 Å². The van der Waals surface area contributed by atoms with Crippen molar-refractivity contribution in [1.82, 2.24) is 14.9 Å². The molecule has 130 valence electrons. The summed E-state index contributed by atoms with van der Waals surface area (Å²) in [5.41, 5.74) is 3.33. The number of hydrogen-bond acceptors (Lipinski definition) is 4. The summed E-state index contributed by atoms with van der Waals surface area (Å²) in [5, 5.41) is 0. The summed E-state index contributed by atoms with van der Waals surface area (Å²) in [5.74, 6) is 0.165. The third-order valence-corrected chi connectivity index (χ3v) is 4.53. The van der Waals surface area contributed by atoms with Crippen LogP contribution in [0.2, 0.25) is 0 Å². The summed E-state index contributed by atoms with van der Waals surface area (Å²) in [6.07, 6.45) is 5.41. The van der Waals surface area contributed by atoms with Crippen LogP contribution in [-0.2, 0) is 22.6 Å². The molecule has 0 radical (unpaired) electrons. The fourth-order valence-electron chi connectivity index (χ4n) is 3.25. The highest BCUT2D eigenvalue weighted by Crippen LogP contribution is 2.25. The number of aryl methyl sites for hydroxylation is 1. The second-order valence-corrected chi connectivity index (χ2v) is 6.45. The van der Waals surface area contributed by atoms with E-state index in [0.717, 1.165) is 17.7 Å². The molecule has 5 heteroatoms. The van der Waals surface area contributed by atoms with Crippen molar-refractivity contribution in [3.63, 3.8) is 0 Å². The minimum absolute atomic E-state index is 0.0145. The molecule has 25 heavy (non-hydrogen) atoms. The number of rotatable bonds is 6. The Balaban J connectivity index is 1.68. The molecule has 2 heterocycles. The molecule has 0 aliphatic carbocycles. The zero-order valence-corrected chi connectivity index (χ0v) is 14.5. The molecular formula is C20H23N3O2. The molecule has 1 amide bonds. The second-order valence-electron chi connectivity index (χ2n) is 6.45. The van der Waals surface area contributed by atoms with Gasteiger partial charge in [0.05, 0.1) is 12.7 Å². The Bertz CT molecular complexity index is 733. The topological polar surface area (TPSA) is 55.3 Å². The van der Waals surface area contributed by atoms with Crippen LogP contribution in [0.15, 0.2) is 55.5 Å². The van der Waals surface area contributed by atoms with Crippen molar-refractivity contribution in [2.75, 3.05) is 13.1 Å². The summed E-state index contributed by atoms with van der Waals surface area (Å²) >= 11 is 0. The number of ether oxygens (including phenoxy) is 1. The van der Waals surface area contributed by atoms with E-state index in [9.17, 15) is 4.79 Å².